The fourth-order valence-corrected chi connectivity index (χ4v) is 2.72. The van der Waals surface area contributed by atoms with Crippen molar-refractivity contribution in [1.82, 2.24) is 4.98 Å². The van der Waals surface area contributed by atoms with Crippen molar-refractivity contribution in [1.29, 1.82) is 0 Å². The van der Waals surface area contributed by atoms with Crippen LogP contribution in [-0.4, -0.2) is 16.1 Å². The SMILES string of the molecule is CCc1nc(C(=O)O)c(-c2ccc(Br)cc2)s1. The smallest absolute Gasteiger partial charge is 0.356 e. The molecule has 3 nitrogen and oxygen atoms in total. The van der Waals surface area contributed by atoms with Gasteiger partial charge in [0.1, 0.15) is 0 Å². The molecule has 0 radical (unpaired) electrons. The molecule has 5 heteroatoms. The van der Waals surface area contributed by atoms with E-state index in [9.17, 15) is 4.79 Å². The zero-order valence-electron chi connectivity index (χ0n) is 9.11. The number of aromatic nitrogens is 1. The number of carboxylic acids is 1. The molecule has 1 aromatic heterocycles. The van der Waals surface area contributed by atoms with Crippen LogP contribution < -0.4 is 0 Å². The van der Waals surface area contributed by atoms with E-state index in [-0.39, 0.29) is 5.69 Å². The van der Waals surface area contributed by atoms with Crippen LogP contribution in [0.1, 0.15) is 22.4 Å². The lowest BCUT2D eigenvalue weighted by Crippen LogP contribution is -1.99. The number of aromatic carboxylic acids is 1. The third-order valence-corrected chi connectivity index (χ3v) is 4.06. The molecule has 1 heterocycles. The highest BCUT2D eigenvalue weighted by Gasteiger charge is 2.17. The van der Waals surface area contributed by atoms with Crippen LogP contribution in [0.3, 0.4) is 0 Å². The number of hydrogen-bond acceptors (Lipinski definition) is 3. The summed E-state index contributed by atoms with van der Waals surface area (Å²) < 4.78 is 0.971. The van der Waals surface area contributed by atoms with Gasteiger partial charge in [-0.25, -0.2) is 9.78 Å². The molecule has 1 aromatic carbocycles. The van der Waals surface area contributed by atoms with Gasteiger partial charge in [0, 0.05) is 4.47 Å². The van der Waals surface area contributed by atoms with Gasteiger partial charge in [-0.05, 0) is 24.1 Å². The van der Waals surface area contributed by atoms with Crippen molar-refractivity contribution in [3.63, 3.8) is 0 Å². The minimum Gasteiger partial charge on any atom is -0.476 e. The van der Waals surface area contributed by atoms with Crippen LogP contribution in [0.15, 0.2) is 28.7 Å². The Morgan fingerprint density at radius 1 is 1.41 bits per heavy atom. The normalized spacial score (nSPS) is 10.5. The lowest BCUT2D eigenvalue weighted by atomic mass is 10.1. The first-order chi connectivity index (χ1) is 8.11. The van der Waals surface area contributed by atoms with Crippen LogP contribution in [0.2, 0.25) is 0 Å². The molecule has 0 amide bonds. The summed E-state index contributed by atoms with van der Waals surface area (Å²) in [6, 6.07) is 7.57. The summed E-state index contributed by atoms with van der Waals surface area (Å²) in [5.41, 5.74) is 1.04. The third-order valence-electron chi connectivity index (χ3n) is 2.28. The van der Waals surface area contributed by atoms with E-state index in [2.05, 4.69) is 20.9 Å². The van der Waals surface area contributed by atoms with Crippen LogP contribution in [-0.2, 0) is 6.42 Å². The van der Waals surface area contributed by atoms with E-state index in [4.69, 9.17) is 5.11 Å². The predicted molar refractivity (Wildman–Crippen MR) is 71.6 cm³/mol. The average molecular weight is 312 g/mol. The van der Waals surface area contributed by atoms with E-state index in [1.807, 2.05) is 31.2 Å². The summed E-state index contributed by atoms with van der Waals surface area (Å²) in [6.07, 6.45) is 0.751. The molecule has 0 aliphatic heterocycles. The first-order valence-electron chi connectivity index (χ1n) is 5.10. The minimum atomic E-state index is -0.973. The lowest BCUT2D eigenvalue weighted by Gasteiger charge is -1.98. The quantitative estimate of drug-likeness (QED) is 0.937. The summed E-state index contributed by atoms with van der Waals surface area (Å²) in [5, 5.41) is 9.97. The molecule has 17 heavy (non-hydrogen) atoms. The number of aryl methyl sites for hydroxylation is 1. The van der Waals surface area contributed by atoms with E-state index in [1.54, 1.807) is 0 Å². The van der Waals surface area contributed by atoms with E-state index in [0.29, 0.717) is 0 Å². The van der Waals surface area contributed by atoms with Crippen molar-refractivity contribution >= 4 is 33.2 Å². The van der Waals surface area contributed by atoms with Gasteiger partial charge in [0.25, 0.3) is 0 Å². The number of carboxylic acid groups (broad SMARTS) is 1. The molecule has 0 saturated carbocycles. The Bertz CT molecular complexity index is 548. The number of thiazole rings is 1. The Balaban J connectivity index is 2.53. The molecule has 1 N–H and O–H groups in total. The summed E-state index contributed by atoms with van der Waals surface area (Å²) in [5.74, 6) is -0.973. The summed E-state index contributed by atoms with van der Waals surface area (Å²) >= 11 is 4.80. The average Bonchev–Trinajstić information content (AvgIpc) is 2.74. The van der Waals surface area contributed by atoms with Crippen molar-refractivity contribution < 1.29 is 9.90 Å². The number of carbonyl (C=O) groups is 1. The van der Waals surface area contributed by atoms with E-state index >= 15 is 0 Å². The van der Waals surface area contributed by atoms with Gasteiger partial charge >= 0.3 is 5.97 Å². The number of nitrogens with zero attached hydrogens (tertiary/aromatic N) is 1. The van der Waals surface area contributed by atoms with Crippen molar-refractivity contribution in [2.24, 2.45) is 0 Å². The minimum absolute atomic E-state index is 0.147. The first-order valence-corrected chi connectivity index (χ1v) is 6.71. The lowest BCUT2D eigenvalue weighted by molar-refractivity contribution is 0.0692. The first kappa shape index (κ1) is 12.3. The van der Waals surface area contributed by atoms with Crippen molar-refractivity contribution in [2.75, 3.05) is 0 Å². The van der Waals surface area contributed by atoms with Gasteiger partial charge < -0.3 is 5.11 Å². The van der Waals surface area contributed by atoms with Crippen molar-refractivity contribution in [3.8, 4) is 10.4 Å². The molecule has 0 unspecified atom stereocenters. The zero-order valence-corrected chi connectivity index (χ0v) is 11.5. The van der Waals surface area contributed by atoms with E-state index in [1.165, 1.54) is 11.3 Å². The second kappa shape index (κ2) is 4.98. The summed E-state index contributed by atoms with van der Waals surface area (Å²) in [7, 11) is 0. The molecular weight excluding hydrogens is 302 g/mol. The Kier molecular flexibility index (Phi) is 3.59. The summed E-state index contributed by atoms with van der Waals surface area (Å²) in [6.45, 7) is 1.97. The van der Waals surface area contributed by atoms with Crippen LogP contribution in [0, 0.1) is 0 Å². The maximum Gasteiger partial charge on any atom is 0.356 e. The zero-order chi connectivity index (χ0) is 12.4. The highest BCUT2D eigenvalue weighted by Crippen LogP contribution is 2.31. The fourth-order valence-electron chi connectivity index (χ4n) is 1.46. The van der Waals surface area contributed by atoms with Crippen molar-refractivity contribution in [3.05, 3.63) is 39.4 Å². The second-order valence-corrected chi connectivity index (χ2v) is 5.45. The Labute approximate surface area is 111 Å². The van der Waals surface area contributed by atoms with Crippen molar-refractivity contribution in [2.45, 2.75) is 13.3 Å². The molecule has 0 spiro atoms. The molecular formula is C12H10BrNO2S. The molecule has 0 saturated heterocycles. The van der Waals surface area contributed by atoms with Crippen LogP contribution in [0.5, 0.6) is 0 Å². The van der Waals surface area contributed by atoms with Gasteiger partial charge in [-0.3, -0.25) is 0 Å². The Hall–Kier alpha value is -1.20. The standard InChI is InChI=1S/C12H10BrNO2S/c1-2-9-14-10(12(15)16)11(17-9)7-3-5-8(13)6-4-7/h3-6H,2H2,1H3,(H,15,16). The Morgan fingerprint density at radius 2 is 2.06 bits per heavy atom. The van der Waals surface area contributed by atoms with Gasteiger partial charge in [0.2, 0.25) is 0 Å². The number of hydrogen-bond donors (Lipinski definition) is 1. The fraction of sp³-hybridized carbons (Fsp3) is 0.167. The molecule has 2 aromatic rings. The van der Waals surface area contributed by atoms with Crippen LogP contribution >= 0.6 is 27.3 Å². The van der Waals surface area contributed by atoms with Gasteiger partial charge in [-0.2, -0.15) is 0 Å². The van der Waals surface area contributed by atoms with E-state index in [0.717, 1.165) is 26.3 Å². The van der Waals surface area contributed by atoms with Gasteiger partial charge in [-0.1, -0.05) is 35.0 Å². The summed E-state index contributed by atoms with van der Waals surface area (Å²) in [4.78, 5) is 16.0. The Morgan fingerprint density at radius 3 is 2.59 bits per heavy atom. The number of halogens is 1. The molecule has 0 fully saturated rings. The number of rotatable bonds is 3. The monoisotopic (exact) mass is 311 g/mol. The predicted octanol–water partition coefficient (Wildman–Crippen LogP) is 3.83. The largest absolute Gasteiger partial charge is 0.476 e. The van der Waals surface area contributed by atoms with Crippen LogP contribution in [0.25, 0.3) is 10.4 Å². The van der Waals surface area contributed by atoms with Crippen LogP contribution in [0.4, 0.5) is 0 Å². The maximum absolute atomic E-state index is 11.1. The van der Waals surface area contributed by atoms with Gasteiger partial charge in [0.15, 0.2) is 5.69 Å². The van der Waals surface area contributed by atoms with Gasteiger partial charge in [-0.15, -0.1) is 11.3 Å². The third kappa shape index (κ3) is 2.56. The molecule has 0 aliphatic carbocycles. The van der Waals surface area contributed by atoms with E-state index < -0.39 is 5.97 Å². The maximum atomic E-state index is 11.1. The molecule has 88 valence electrons. The topological polar surface area (TPSA) is 50.2 Å². The second-order valence-electron chi connectivity index (χ2n) is 3.45. The molecule has 2 rings (SSSR count). The van der Waals surface area contributed by atoms with Gasteiger partial charge in [0.05, 0.1) is 9.88 Å². The highest BCUT2D eigenvalue weighted by molar-refractivity contribution is 9.10. The molecule has 0 bridgehead atoms. The molecule has 0 atom stereocenters. The highest BCUT2D eigenvalue weighted by atomic mass is 79.9. The number of benzene rings is 1. The molecule has 0 aliphatic rings.